The van der Waals surface area contributed by atoms with Gasteiger partial charge in [-0.25, -0.2) is 4.39 Å². The van der Waals surface area contributed by atoms with Crippen molar-refractivity contribution in [2.45, 2.75) is 47.1 Å². The summed E-state index contributed by atoms with van der Waals surface area (Å²) in [6.07, 6.45) is 0.507. The van der Waals surface area contributed by atoms with E-state index in [2.05, 4.69) is 25.7 Å². The predicted molar refractivity (Wildman–Crippen MR) is 81.5 cm³/mol. The highest BCUT2D eigenvalue weighted by Crippen LogP contribution is 2.38. The van der Waals surface area contributed by atoms with Crippen LogP contribution in [0.5, 0.6) is 0 Å². The summed E-state index contributed by atoms with van der Waals surface area (Å²) in [4.78, 5) is 2.30. The molecule has 0 saturated carbocycles. The van der Waals surface area contributed by atoms with Crippen LogP contribution < -0.4 is 4.90 Å². The number of nitrogens with zero attached hydrogens (tertiary/aromatic N) is 1. The lowest BCUT2D eigenvalue weighted by atomic mass is 9.80. The van der Waals surface area contributed by atoms with Crippen molar-refractivity contribution in [2.75, 3.05) is 18.0 Å². The van der Waals surface area contributed by atoms with Crippen molar-refractivity contribution in [2.24, 2.45) is 11.3 Å². The molecule has 1 aliphatic rings. The van der Waals surface area contributed by atoms with E-state index in [0.717, 1.165) is 25.2 Å². The quantitative estimate of drug-likeness (QED) is 0.882. The molecule has 1 unspecified atom stereocenters. The molecular weight excluding hydrogens is 253 g/mol. The second-order valence-corrected chi connectivity index (χ2v) is 7.13. The number of benzene rings is 1. The Morgan fingerprint density at radius 2 is 2.00 bits per heavy atom. The van der Waals surface area contributed by atoms with Crippen molar-refractivity contribution in [3.05, 3.63) is 29.1 Å². The van der Waals surface area contributed by atoms with Gasteiger partial charge in [0.25, 0.3) is 0 Å². The summed E-state index contributed by atoms with van der Waals surface area (Å²) in [5, 5.41) is 9.91. The summed E-state index contributed by atoms with van der Waals surface area (Å²) in [5.74, 6) is 0.394. The van der Waals surface area contributed by atoms with Crippen molar-refractivity contribution >= 4 is 5.69 Å². The fourth-order valence-corrected chi connectivity index (χ4v) is 2.98. The zero-order valence-electron chi connectivity index (χ0n) is 13.2. The molecule has 1 N–H and O–H groups in total. The van der Waals surface area contributed by atoms with Gasteiger partial charge in [0.05, 0.1) is 6.10 Å². The predicted octanol–water partition coefficient (Wildman–Crippen LogP) is 4.06. The number of aliphatic hydroxyl groups excluding tert-OH is 1. The molecule has 1 aliphatic heterocycles. The van der Waals surface area contributed by atoms with E-state index in [4.69, 9.17) is 0 Å². The second kappa shape index (κ2) is 5.36. The third-order valence-electron chi connectivity index (χ3n) is 4.51. The van der Waals surface area contributed by atoms with Crippen molar-refractivity contribution in [1.29, 1.82) is 0 Å². The number of hydrogen-bond acceptors (Lipinski definition) is 2. The molecule has 1 aromatic rings. The van der Waals surface area contributed by atoms with Gasteiger partial charge in [0.1, 0.15) is 5.82 Å². The molecule has 20 heavy (non-hydrogen) atoms. The molecule has 0 radical (unpaired) electrons. The first-order chi connectivity index (χ1) is 9.20. The molecule has 0 aromatic heterocycles. The highest BCUT2D eigenvalue weighted by Gasteiger charge is 2.33. The molecule has 1 fully saturated rings. The van der Waals surface area contributed by atoms with Crippen LogP contribution >= 0.6 is 0 Å². The zero-order valence-corrected chi connectivity index (χ0v) is 13.2. The van der Waals surface area contributed by atoms with E-state index in [1.165, 1.54) is 6.07 Å². The summed E-state index contributed by atoms with van der Waals surface area (Å²) in [6, 6.07) is 3.36. The monoisotopic (exact) mass is 279 g/mol. The number of aliphatic hydroxyl groups is 1. The lowest BCUT2D eigenvalue weighted by Crippen LogP contribution is -2.26. The number of anilines is 1. The topological polar surface area (TPSA) is 23.5 Å². The van der Waals surface area contributed by atoms with Gasteiger partial charge in [-0.05, 0) is 49.3 Å². The molecule has 2 rings (SSSR count). The third kappa shape index (κ3) is 2.98. The molecule has 0 aliphatic carbocycles. The molecule has 0 spiro atoms. The summed E-state index contributed by atoms with van der Waals surface area (Å²) >= 11 is 0. The average molecular weight is 279 g/mol. The SMILES string of the molecule is Cc1cc(N2CCC(C(C)(C)C)C2)c([C@H](C)O)cc1F. The van der Waals surface area contributed by atoms with Gasteiger partial charge in [0.15, 0.2) is 0 Å². The molecule has 0 bridgehead atoms. The largest absolute Gasteiger partial charge is 0.389 e. The first kappa shape index (κ1) is 15.3. The van der Waals surface area contributed by atoms with Crippen LogP contribution in [0.2, 0.25) is 0 Å². The van der Waals surface area contributed by atoms with Gasteiger partial charge in [0.2, 0.25) is 0 Å². The molecule has 2 nitrogen and oxygen atoms in total. The first-order valence-corrected chi connectivity index (χ1v) is 7.43. The van der Waals surface area contributed by atoms with Crippen LogP contribution in [0.15, 0.2) is 12.1 Å². The molecule has 1 saturated heterocycles. The van der Waals surface area contributed by atoms with Crippen molar-refractivity contribution in [1.82, 2.24) is 0 Å². The van der Waals surface area contributed by atoms with Gasteiger partial charge in [-0.2, -0.15) is 0 Å². The molecule has 1 heterocycles. The van der Waals surface area contributed by atoms with E-state index in [9.17, 15) is 9.50 Å². The Labute approximate surface area is 121 Å². The summed E-state index contributed by atoms with van der Waals surface area (Å²) in [5.41, 5.74) is 2.62. The van der Waals surface area contributed by atoms with E-state index < -0.39 is 6.10 Å². The van der Waals surface area contributed by atoms with Crippen molar-refractivity contribution in [3.8, 4) is 0 Å². The Bertz CT molecular complexity index is 490. The zero-order chi connectivity index (χ0) is 15.1. The summed E-state index contributed by atoms with van der Waals surface area (Å²) in [7, 11) is 0. The van der Waals surface area contributed by atoms with Crippen LogP contribution in [0.25, 0.3) is 0 Å². The molecular formula is C17H26FNO. The maximum absolute atomic E-state index is 13.7. The highest BCUT2D eigenvalue weighted by atomic mass is 19.1. The molecule has 0 amide bonds. The van der Waals surface area contributed by atoms with Gasteiger partial charge in [-0.1, -0.05) is 20.8 Å². The van der Waals surface area contributed by atoms with Crippen LogP contribution in [0.4, 0.5) is 10.1 Å². The van der Waals surface area contributed by atoms with Gasteiger partial charge in [-0.15, -0.1) is 0 Å². The van der Waals surface area contributed by atoms with E-state index in [-0.39, 0.29) is 11.2 Å². The van der Waals surface area contributed by atoms with Gasteiger partial charge < -0.3 is 10.0 Å². The Morgan fingerprint density at radius 3 is 2.50 bits per heavy atom. The molecule has 3 heteroatoms. The Morgan fingerprint density at radius 1 is 1.35 bits per heavy atom. The standard InChI is InChI=1S/C17H26FNO/c1-11-8-16(14(12(2)20)9-15(11)18)19-7-6-13(10-19)17(3,4)5/h8-9,12-13,20H,6-7,10H2,1-5H3/t12-,13?/m0/s1. The molecule has 1 aromatic carbocycles. The van der Waals surface area contributed by atoms with Crippen LogP contribution in [-0.2, 0) is 0 Å². The van der Waals surface area contributed by atoms with Crippen molar-refractivity contribution < 1.29 is 9.50 Å². The third-order valence-corrected chi connectivity index (χ3v) is 4.51. The fraction of sp³-hybridized carbons (Fsp3) is 0.647. The average Bonchev–Trinajstić information content (AvgIpc) is 2.80. The van der Waals surface area contributed by atoms with Crippen LogP contribution in [-0.4, -0.2) is 18.2 Å². The lowest BCUT2D eigenvalue weighted by molar-refractivity contribution is 0.199. The normalized spacial score (nSPS) is 21.4. The van der Waals surface area contributed by atoms with Gasteiger partial charge in [0, 0.05) is 24.3 Å². The minimum atomic E-state index is -0.645. The van der Waals surface area contributed by atoms with E-state index in [0.29, 0.717) is 17.0 Å². The lowest BCUT2D eigenvalue weighted by Gasteiger charge is -2.29. The molecule has 112 valence electrons. The molecule has 2 atom stereocenters. The van der Waals surface area contributed by atoms with Crippen molar-refractivity contribution in [3.63, 3.8) is 0 Å². The number of halogens is 1. The minimum Gasteiger partial charge on any atom is -0.389 e. The summed E-state index contributed by atoms with van der Waals surface area (Å²) in [6.45, 7) is 12.2. The van der Waals surface area contributed by atoms with Crippen LogP contribution in [0.3, 0.4) is 0 Å². The number of aryl methyl sites for hydroxylation is 1. The highest BCUT2D eigenvalue weighted by molar-refractivity contribution is 5.57. The van der Waals surface area contributed by atoms with E-state index >= 15 is 0 Å². The Kier molecular flexibility index (Phi) is 4.10. The second-order valence-electron chi connectivity index (χ2n) is 7.13. The van der Waals surface area contributed by atoms with Crippen LogP contribution in [0, 0.1) is 24.1 Å². The first-order valence-electron chi connectivity index (χ1n) is 7.43. The Hall–Kier alpha value is -1.09. The minimum absolute atomic E-state index is 0.240. The smallest absolute Gasteiger partial charge is 0.126 e. The fourth-order valence-electron chi connectivity index (χ4n) is 2.98. The maximum Gasteiger partial charge on any atom is 0.126 e. The number of hydrogen-bond donors (Lipinski definition) is 1. The maximum atomic E-state index is 13.7. The Balaban J connectivity index is 2.32. The van der Waals surface area contributed by atoms with E-state index in [1.54, 1.807) is 13.8 Å². The van der Waals surface area contributed by atoms with Crippen LogP contribution in [0.1, 0.15) is 51.3 Å². The number of rotatable bonds is 2. The van der Waals surface area contributed by atoms with Gasteiger partial charge in [-0.3, -0.25) is 0 Å². The summed E-state index contributed by atoms with van der Waals surface area (Å²) < 4.78 is 13.7. The van der Waals surface area contributed by atoms with Gasteiger partial charge >= 0.3 is 0 Å². The van der Waals surface area contributed by atoms with E-state index in [1.807, 2.05) is 6.07 Å².